The summed E-state index contributed by atoms with van der Waals surface area (Å²) < 4.78 is 33.6. The lowest BCUT2D eigenvalue weighted by atomic mass is 9.89. The highest BCUT2D eigenvalue weighted by Crippen LogP contribution is 2.52. The van der Waals surface area contributed by atoms with Gasteiger partial charge < -0.3 is 18.7 Å². The summed E-state index contributed by atoms with van der Waals surface area (Å²) in [7, 11) is -4.26. The quantitative estimate of drug-likeness (QED) is 0.0676. The second-order valence-electron chi connectivity index (χ2n) is 13.6. The first-order valence-corrected chi connectivity index (χ1v) is 20.5. The molecule has 3 aromatic carbocycles. The largest absolute Gasteiger partial charge is 0.647 e. The maximum atomic E-state index is 14.8. The predicted molar refractivity (Wildman–Crippen MR) is 201 cm³/mol. The third kappa shape index (κ3) is 14.7. The molecule has 0 aliphatic carbocycles. The van der Waals surface area contributed by atoms with Crippen LogP contribution in [0.2, 0.25) is 0 Å². The van der Waals surface area contributed by atoms with Gasteiger partial charge >= 0.3 is 7.82 Å². The van der Waals surface area contributed by atoms with Crippen molar-refractivity contribution in [1.29, 1.82) is 0 Å². The molecular formula is C42H63O5P. The van der Waals surface area contributed by atoms with E-state index in [9.17, 15) is 9.67 Å². The molecule has 2 unspecified atom stereocenters. The van der Waals surface area contributed by atoms with Crippen molar-refractivity contribution in [2.75, 3.05) is 0 Å². The standard InChI is InChI=1S/C42H63O5P/c1-5-9-13-15-24-35(22-11-7-3)32-37-26-17-19-30-41(37)46-48(44,45-40-29-21-28-39(43)34-40)47-42-31-20-18-27-38(42)33-36(23-12-8-4)25-16-14-10-6-2/h17-21,26-31,34-36,43H,5-16,22-25,32-33H2,1-4H3. The van der Waals surface area contributed by atoms with Crippen LogP contribution in [0.5, 0.6) is 23.0 Å². The van der Waals surface area contributed by atoms with E-state index in [4.69, 9.17) is 13.6 Å². The lowest BCUT2D eigenvalue weighted by Crippen LogP contribution is -2.12. The van der Waals surface area contributed by atoms with Gasteiger partial charge in [-0.25, -0.2) is 0 Å². The zero-order chi connectivity index (χ0) is 34.5. The Morgan fingerprint density at radius 2 is 1.00 bits per heavy atom. The van der Waals surface area contributed by atoms with Crippen molar-refractivity contribution in [3.63, 3.8) is 0 Å². The van der Waals surface area contributed by atoms with Crippen LogP contribution in [0, 0.1) is 11.8 Å². The summed E-state index contributed by atoms with van der Waals surface area (Å²) in [4.78, 5) is 0. The van der Waals surface area contributed by atoms with Gasteiger partial charge in [-0.15, -0.1) is 0 Å². The normalized spacial score (nSPS) is 13.8. The fourth-order valence-corrected chi connectivity index (χ4v) is 7.83. The van der Waals surface area contributed by atoms with Gasteiger partial charge in [-0.1, -0.05) is 173 Å². The Balaban J connectivity index is 1.90. The van der Waals surface area contributed by atoms with Gasteiger partial charge in [0, 0.05) is 6.07 Å². The summed E-state index contributed by atoms with van der Waals surface area (Å²) in [6, 6.07) is 22.0. The molecule has 0 saturated carbocycles. The van der Waals surface area contributed by atoms with Crippen molar-refractivity contribution in [2.45, 2.75) is 143 Å². The molecule has 3 rings (SSSR count). The molecule has 5 nitrogen and oxygen atoms in total. The van der Waals surface area contributed by atoms with Crippen molar-refractivity contribution >= 4 is 7.82 Å². The summed E-state index contributed by atoms with van der Waals surface area (Å²) in [6.45, 7) is 8.99. The summed E-state index contributed by atoms with van der Waals surface area (Å²) in [6.07, 6.45) is 21.1. The highest BCUT2D eigenvalue weighted by Gasteiger charge is 2.35. The number of phenolic OH excluding ortho intramolecular Hbond substituents is 1. The molecule has 0 aliphatic heterocycles. The number of benzene rings is 3. The van der Waals surface area contributed by atoms with Crippen LogP contribution in [-0.2, 0) is 17.4 Å². The van der Waals surface area contributed by atoms with Crippen LogP contribution in [-0.4, -0.2) is 5.11 Å². The number of phenols is 1. The first kappa shape index (κ1) is 39.5. The molecule has 266 valence electrons. The Bertz CT molecular complexity index is 1270. The summed E-state index contributed by atoms with van der Waals surface area (Å²) >= 11 is 0. The van der Waals surface area contributed by atoms with Gasteiger partial charge in [0.1, 0.15) is 23.0 Å². The molecule has 0 fully saturated rings. The fraction of sp³-hybridized carbons (Fsp3) is 0.571. The van der Waals surface area contributed by atoms with Crippen molar-refractivity contribution in [1.82, 2.24) is 0 Å². The number of aromatic hydroxyl groups is 1. The zero-order valence-corrected chi connectivity index (χ0v) is 31.2. The molecule has 0 bridgehead atoms. The molecule has 0 saturated heterocycles. The van der Waals surface area contributed by atoms with Crippen LogP contribution in [0.25, 0.3) is 0 Å². The van der Waals surface area contributed by atoms with Gasteiger partial charge in [0.25, 0.3) is 0 Å². The number of hydrogen-bond donors (Lipinski definition) is 1. The first-order valence-electron chi connectivity index (χ1n) is 19.0. The van der Waals surface area contributed by atoms with Gasteiger partial charge in [-0.3, -0.25) is 0 Å². The number of hydrogen-bond acceptors (Lipinski definition) is 5. The molecule has 0 aliphatic rings. The van der Waals surface area contributed by atoms with E-state index in [1.807, 2.05) is 36.4 Å². The van der Waals surface area contributed by atoms with Crippen LogP contribution in [0.4, 0.5) is 0 Å². The minimum atomic E-state index is -4.26. The molecule has 2 atom stereocenters. The molecule has 3 aromatic rings. The summed E-state index contributed by atoms with van der Waals surface area (Å²) in [5.41, 5.74) is 2.02. The maximum absolute atomic E-state index is 14.8. The fourth-order valence-electron chi connectivity index (χ4n) is 6.51. The van der Waals surface area contributed by atoms with E-state index in [2.05, 4.69) is 39.8 Å². The predicted octanol–water partition coefficient (Wildman–Crippen LogP) is 13.7. The highest BCUT2D eigenvalue weighted by atomic mass is 31.2. The van der Waals surface area contributed by atoms with Crippen LogP contribution in [0.1, 0.15) is 142 Å². The molecule has 48 heavy (non-hydrogen) atoms. The first-order chi connectivity index (χ1) is 23.4. The lowest BCUT2D eigenvalue weighted by Gasteiger charge is -2.24. The van der Waals surface area contributed by atoms with Gasteiger partial charge in [-0.05, 0) is 60.1 Å². The van der Waals surface area contributed by atoms with E-state index in [0.29, 0.717) is 23.3 Å². The number of phosphoric ester groups is 1. The average molecular weight is 679 g/mol. The van der Waals surface area contributed by atoms with E-state index >= 15 is 0 Å². The SMILES string of the molecule is CCCCCCC(CCCC)Cc1ccccc1OP(=O)(Oc1cccc(O)c1)Oc1ccccc1CC(CCCC)CCCCCC. The van der Waals surface area contributed by atoms with Crippen molar-refractivity contribution in [3.05, 3.63) is 83.9 Å². The van der Waals surface area contributed by atoms with Crippen LogP contribution < -0.4 is 13.6 Å². The van der Waals surface area contributed by atoms with Gasteiger partial charge in [0.2, 0.25) is 0 Å². The lowest BCUT2D eigenvalue weighted by molar-refractivity contribution is 0.293. The topological polar surface area (TPSA) is 65.0 Å². The second kappa shape index (κ2) is 22.7. The number of phosphoric acid groups is 1. The summed E-state index contributed by atoms with van der Waals surface area (Å²) in [5.74, 6) is 2.33. The van der Waals surface area contributed by atoms with E-state index in [-0.39, 0.29) is 11.5 Å². The Kier molecular flexibility index (Phi) is 18.7. The third-order valence-corrected chi connectivity index (χ3v) is 10.6. The van der Waals surface area contributed by atoms with Crippen molar-refractivity contribution in [2.24, 2.45) is 11.8 Å². The maximum Gasteiger partial charge on any atom is 0.647 e. The smallest absolute Gasteiger partial charge is 0.508 e. The Morgan fingerprint density at radius 1 is 0.542 bits per heavy atom. The monoisotopic (exact) mass is 678 g/mol. The molecule has 0 heterocycles. The van der Waals surface area contributed by atoms with E-state index in [1.54, 1.807) is 18.2 Å². The van der Waals surface area contributed by atoms with Gasteiger partial charge in [0.05, 0.1) is 0 Å². The Hall–Kier alpha value is -2.91. The number of unbranched alkanes of at least 4 members (excludes halogenated alkanes) is 8. The molecule has 1 N–H and O–H groups in total. The van der Waals surface area contributed by atoms with Crippen LogP contribution in [0.15, 0.2) is 72.8 Å². The summed E-state index contributed by atoms with van der Waals surface area (Å²) in [5, 5.41) is 10.2. The highest BCUT2D eigenvalue weighted by molar-refractivity contribution is 7.49. The molecule has 0 amide bonds. The molecule has 0 aromatic heterocycles. The van der Waals surface area contributed by atoms with Crippen LogP contribution in [0.3, 0.4) is 0 Å². The van der Waals surface area contributed by atoms with Crippen LogP contribution >= 0.6 is 7.82 Å². The van der Waals surface area contributed by atoms with Gasteiger partial charge in [0.15, 0.2) is 0 Å². The third-order valence-electron chi connectivity index (χ3n) is 9.28. The number of rotatable bonds is 26. The molecule has 6 heteroatoms. The van der Waals surface area contributed by atoms with Gasteiger partial charge in [-0.2, -0.15) is 4.57 Å². The Morgan fingerprint density at radius 3 is 1.46 bits per heavy atom. The zero-order valence-electron chi connectivity index (χ0n) is 30.3. The van der Waals surface area contributed by atoms with Crippen molar-refractivity contribution in [3.8, 4) is 23.0 Å². The second-order valence-corrected chi connectivity index (χ2v) is 15.0. The van der Waals surface area contributed by atoms with Crippen molar-refractivity contribution < 1.29 is 23.2 Å². The molecule has 0 spiro atoms. The Labute approximate surface area is 292 Å². The molecular weight excluding hydrogens is 615 g/mol. The molecule has 0 radical (unpaired) electrons. The van der Waals surface area contributed by atoms with E-state index in [0.717, 1.165) is 36.8 Å². The minimum Gasteiger partial charge on any atom is -0.508 e. The van der Waals surface area contributed by atoms with E-state index in [1.165, 1.54) is 96.0 Å². The number of para-hydroxylation sites is 2. The van der Waals surface area contributed by atoms with E-state index < -0.39 is 7.82 Å². The average Bonchev–Trinajstić information content (AvgIpc) is 3.07. The minimum absolute atomic E-state index is 0.0172.